The van der Waals surface area contributed by atoms with Crippen molar-refractivity contribution in [3.8, 4) is 0 Å². The summed E-state index contributed by atoms with van der Waals surface area (Å²) in [4.78, 5) is 12.1. The third-order valence-corrected chi connectivity index (χ3v) is 4.82. The van der Waals surface area contributed by atoms with Crippen LogP contribution in [0.1, 0.15) is 10.4 Å². The molecule has 0 radical (unpaired) electrons. The first-order valence-electron chi connectivity index (χ1n) is 5.58. The fraction of sp³-hybridized carbons (Fsp3) is 0. The van der Waals surface area contributed by atoms with Crippen molar-refractivity contribution in [2.75, 3.05) is 5.32 Å². The zero-order valence-electron chi connectivity index (χ0n) is 10.2. The molecule has 7 heteroatoms. The first kappa shape index (κ1) is 14.4. The zero-order chi connectivity index (χ0) is 14.6. The summed E-state index contributed by atoms with van der Waals surface area (Å²) in [6.45, 7) is 0. The van der Waals surface area contributed by atoms with Gasteiger partial charge in [-0.1, -0.05) is 0 Å². The number of para-hydroxylation sites is 1. The van der Waals surface area contributed by atoms with Crippen LogP contribution in [0, 0.1) is 0 Å². The van der Waals surface area contributed by atoms with E-state index >= 15 is 0 Å². The molecule has 0 unspecified atom stereocenters. The number of anilines is 1. The normalized spacial score (nSPS) is 11.1. The predicted molar refractivity (Wildman–Crippen MR) is 71.3 cm³/mol. The van der Waals surface area contributed by atoms with Gasteiger partial charge < -0.3 is 0 Å². The number of amides is 1. The Morgan fingerprint density at radius 1 is 1.00 bits per heavy atom. The van der Waals surface area contributed by atoms with E-state index in [4.69, 9.17) is 5.26 Å². The molecule has 0 aromatic heterocycles. The van der Waals surface area contributed by atoms with Crippen LogP contribution < -0.4 is 9.78 Å². The SMILES string of the molecule is O=C(Nc1ccccc1)c1ccccc1[Se](=O)(=O)OO. The molecule has 0 saturated carbocycles. The number of benzene rings is 2. The van der Waals surface area contributed by atoms with E-state index in [0.717, 1.165) is 0 Å². The van der Waals surface area contributed by atoms with Crippen LogP contribution in [0.15, 0.2) is 54.6 Å². The number of carbonyl (C=O) groups is 1. The van der Waals surface area contributed by atoms with Crippen LogP contribution in [0.4, 0.5) is 5.69 Å². The van der Waals surface area contributed by atoms with E-state index in [1.807, 2.05) is 0 Å². The number of rotatable bonds is 4. The third-order valence-electron chi connectivity index (χ3n) is 2.53. The molecule has 0 aliphatic carbocycles. The summed E-state index contributed by atoms with van der Waals surface area (Å²) < 4.78 is 26.4. The van der Waals surface area contributed by atoms with Crippen molar-refractivity contribution in [2.24, 2.45) is 0 Å². The second-order valence-electron chi connectivity index (χ2n) is 3.84. The van der Waals surface area contributed by atoms with Crippen LogP contribution in [0.5, 0.6) is 0 Å². The molecule has 0 fully saturated rings. The molecular formula is C13H11NO5Se. The van der Waals surface area contributed by atoms with E-state index in [-0.39, 0.29) is 10.0 Å². The molecule has 20 heavy (non-hydrogen) atoms. The second-order valence-corrected chi connectivity index (χ2v) is 6.99. The van der Waals surface area contributed by atoms with Gasteiger partial charge >= 0.3 is 116 Å². The van der Waals surface area contributed by atoms with Gasteiger partial charge in [-0.2, -0.15) is 0 Å². The fourth-order valence-corrected chi connectivity index (χ4v) is 3.22. The minimum atomic E-state index is -5.17. The van der Waals surface area contributed by atoms with Crippen LogP contribution in [-0.4, -0.2) is 24.2 Å². The minimum absolute atomic E-state index is 0.0876. The molecule has 0 saturated heterocycles. The molecule has 6 nitrogen and oxygen atoms in total. The van der Waals surface area contributed by atoms with Crippen molar-refractivity contribution in [1.82, 2.24) is 0 Å². The molecule has 0 spiro atoms. The Hall–Kier alpha value is -2.05. The van der Waals surface area contributed by atoms with E-state index in [0.29, 0.717) is 5.69 Å². The summed E-state index contributed by atoms with van der Waals surface area (Å²) in [7, 11) is 0. The van der Waals surface area contributed by atoms with Crippen molar-refractivity contribution >= 4 is 29.1 Å². The van der Waals surface area contributed by atoms with Gasteiger partial charge in [0, 0.05) is 0 Å². The molecule has 2 aromatic rings. The summed E-state index contributed by atoms with van der Waals surface area (Å²) in [5, 5.41) is 11.0. The Morgan fingerprint density at radius 2 is 1.60 bits per heavy atom. The van der Waals surface area contributed by atoms with E-state index < -0.39 is 18.9 Å². The molecule has 0 bridgehead atoms. The Kier molecular flexibility index (Phi) is 4.26. The van der Waals surface area contributed by atoms with Crippen LogP contribution in [-0.2, 0) is 11.6 Å². The van der Waals surface area contributed by atoms with Crippen molar-refractivity contribution in [3.63, 3.8) is 0 Å². The zero-order valence-corrected chi connectivity index (χ0v) is 11.9. The van der Waals surface area contributed by atoms with E-state index in [9.17, 15) is 12.5 Å². The molecule has 0 heterocycles. The third kappa shape index (κ3) is 3.09. The second kappa shape index (κ2) is 5.94. The molecule has 0 atom stereocenters. The van der Waals surface area contributed by atoms with Crippen LogP contribution in [0.25, 0.3) is 0 Å². The molecule has 2 N–H and O–H groups in total. The van der Waals surface area contributed by atoms with Crippen molar-refractivity contribution in [2.45, 2.75) is 0 Å². The monoisotopic (exact) mass is 341 g/mol. The van der Waals surface area contributed by atoms with E-state index in [1.165, 1.54) is 24.3 Å². The summed E-state index contributed by atoms with van der Waals surface area (Å²) in [5.41, 5.74) is 0.443. The van der Waals surface area contributed by atoms with Crippen LogP contribution >= 0.6 is 0 Å². The van der Waals surface area contributed by atoms with Crippen molar-refractivity contribution in [1.29, 1.82) is 0 Å². The first-order chi connectivity index (χ1) is 9.54. The van der Waals surface area contributed by atoms with Gasteiger partial charge in [0.15, 0.2) is 0 Å². The molecule has 0 aliphatic rings. The molecular weight excluding hydrogens is 329 g/mol. The van der Waals surface area contributed by atoms with Gasteiger partial charge in [0.05, 0.1) is 0 Å². The number of nitrogens with one attached hydrogen (secondary N) is 1. The van der Waals surface area contributed by atoms with Gasteiger partial charge in [-0.25, -0.2) is 0 Å². The Morgan fingerprint density at radius 3 is 2.25 bits per heavy atom. The van der Waals surface area contributed by atoms with Gasteiger partial charge in [0.2, 0.25) is 0 Å². The molecule has 1 amide bonds. The summed E-state index contributed by atoms with van der Waals surface area (Å²) in [5.74, 6) is -0.600. The van der Waals surface area contributed by atoms with Gasteiger partial charge in [-0.3, -0.25) is 0 Å². The molecule has 0 aliphatic heterocycles. The molecule has 2 aromatic carbocycles. The Balaban J connectivity index is 2.36. The summed E-state index contributed by atoms with van der Waals surface area (Å²) in [6.07, 6.45) is 0. The quantitative estimate of drug-likeness (QED) is 0.499. The average Bonchev–Trinajstić information content (AvgIpc) is 2.48. The maximum absolute atomic E-state index is 12.1. The van der Waals surface area contributed by atoms with Gasteiger partial charge in [0.25, 0.3) is 0 Å². The average molecular weight is 340 g/mol. The topological polar surface area (TPSA) is 92.7 Å². The predicted octanol–water partition coefficient (Wildman–Crippen LogP) is 1.44. The Bertz CT molecular complexity index is 713. The first-order valence-corrected chi connectivity index (χ1v) is 8.53. The van der Waals surface area contributed by atoms with Crippen LogP contribution in [0.2, 0.25) is 0 Å². The number of hydrogen-bond acceptors (Lipinski definition) is 5. The van der Waals surface area contributed by atoms with Crippen molar-refractivity contribution in [3.05, 3.63) is 60.2 Å². The van der Waals surface area contributed by atoms with Gasteiger partial charge in [-0.15, -0.1) is 0 Å². The molecule has 104 valence electrons. The standard InChI is InChI=1S/C13H11NO5Se/c15-13(14-10-6-2-1-3-7-10)11-8-4-5-9-12(11)20(17,18)19-16/h1-9,16H,(H,14,15). The maximum atomic E-state index is 12.1. The number of hydrogen-bond donors (Lipinski definition) is 2. The number of carbonyl (C=O) groups excluding carboxylic acids is 1. The van der Waals surface area contributed by atoms with E-state index in [2.05, 4.69) is 9.29 Å². The summed E-state index contributed by atoms with van der Waals surface area (Å²) in [6, 6.07) is 14.1. The summed E-state index contributed by atoms with van der Waals surface area (Å²) >= 11 is -5.17. The van der Waals surface area contributed by atoms with Crippen molar-refractivity contribution < 1.29 is 21.7 Å². The fourth-order valence-electron chi connectivity index (χ4n) is 1.63. The van der Waals surface area contributed by atoms with E-state index in [1.54, 1.807) is 30.3 Å². The van der Waals surface area contributed by atoms with Gasteiger partial charge in [0.1, 0.15) is 0 Å². The van der Waals surface area contributed by atoms with Crippen LogP contribution in [0.3, 0.4) is 0 Å². The Labute approximate surface area is 116 Å². The van der Waals surface area contributed by atoms with Gasteiger partial charge in [-0.05, 0) is 0 Å². The molecule has 2 rings (SSSR count).